The van der Waals surface area contributed by atoms with E-state index < -0.39 is 0 Å². The van der Waals surface area contributed by atoms with Crippen molar-refractivity contribution in [3.05, 3.63) is 41.6 Å². The molecule has 0 saturated carbocycles. The summed E-state index contributed by atoms with van der Waals surface area (Å²) in [4.78, 5) is 8.26. The van der Waals surface area contributed by atoms with Gasteiger partial charge in [0.1, 0.15) is 12.1 Å². The molecule has 0 bridgehead atoms. The van der Waals surface area contributed by atoms with E-state index in [0.29, 0.717) is 5.02 Å². The number of nitrogens with zero attached hydrogens (tertiary/aromatic N) is 3. The fourth-order valence-corrected chi connectivity index (χ4v) is 1.18. The zero-order chi connectivity index (χ0) is 9.26. The Morgan fingerprint density at radius 2 is 2.15 bits per heavy atom. The van der Waals surface area contributed by atoms with Gasteiger partial charge in [-0.2, -0.15) is 0 Å². The van der Waals surface area contributed by atoms with E-state index >= 15 is 0 Å². The summed E-state index contributed by atoms with van der Waals surface area (Å²) in [5.74, 6) is 0.824. The number of aryl methyl sites for hydroxylation is 1. The van der Waals surface area contributed by atoms with Gasteiger partial charge in [-0.1, -0.05) is 11.6 Å². The normalized spacial score (nSPS) is 10.3. The quantitative estimate of drug-likeness (QED) is 0.696. The summed E-state index contributed by atoms with van der Waals surface area (Å²) in [5, 5.41) is 0.639. The van der Waals surface area contributed by atoms with Crippen LogP contribution in [-0.4, -0.2) is 14.5 Å². The second-order valence-corrected chi connectivity index (χ2v) is 3.19. The highest BCUT2D eigenvalue weighted by Gasteiger charge is 1.97. The topological polar surface area (TPSA) is 30.7 Å². The lowest BCUT2D eigenvalue weighted by Crippen LogP contribution is -1.92. The smallest absolute Gasteiger partial charge is 0.137 e. The van der Waals surface area contributed by atoms with Gasteiger partial charge < -0.3 is 0 Å². The van der Waals surface area contributed by atoms with Crippen molar-refractivity contribution in [2.45, 2.75) is 6.92 Å². The highest BCUT2D eigenvalue weighted by atomic mass is 35.5. The fourth-order valence-electron chi connectivity index (χ4n) is 1.07. The van der Waals surface area contributed by atoms with E-state index in [9.17, 15) is 0 Å². The van der Waals surface area contributed by atoms with Crippen molar-refractivity contribution in [3.8, 4) is 5.82 Å². The summed E-state index contributed by atoms with van der Waals surface area (Å²) in [6.07, 6.45) is 5.26. The summed E-state index contributed by atoms with van der Waals surface area (Å²) in [7, 11) is 0. The third-order valence-corrected chi connectivity index (χ3v) is 1.91. The molecule has 0 amide bonds. The number of pyridine rings is 1. The molecule has 0 atom stereocenters. The first-order chi connectivity index (χ1) is 6.25. The maximum atomic E-state index is 5.72. The molecule has 0 spiro atoms. The lowest BCUT2D eigenvalue weighted by Gasteiger charge is -1.98. The maximum Gasteiger partial charge on any atom is 0.137 e. The van der Waals surface area contributed by atoms with Crippen LogP contribution < -0.4 is 0 Å². The summed E-state index contributed by atoms with van der Waals surface area (Å²) in [6, 6.07) is 3.66. The first kappa shape index (κ1) is 8.26. The van der Waals surface area contributed by atoms with Gasteiger partial charge in [0.25, 0.3) is 0 Å². The average molecular weight is 194 g/mol. The van der Waals surface area contributed by atoms with E-state index in [-0.39, 0.29) is 0 Å². The average Bonchev–Trinajstić information content (AvgIpc) is 2.53. The monoisotopic (exact) mass is 193 g/mol. The summed E-state index contributed by atoms with van der Waals surface area (Å²) >= 11 is 5.72. The summed E-state index contributed by atoms with van der Waals surface area (Å²) in [5.41, 5.74) is 0.969. The van der Waals surface area contributed by atoms with E-state index in [2.05, 4.69) is 9.97 Å². The second-order valence-electron chi connectivity index (χ2n) is 2.76. The van der Waals surface area contributed by atoms with Crippen LogP contribution in [0.2, 0.25) is 5.02 Å². The molecule has 0 unspecified atom stereocenters. The van der Waals surface area contributed by atoms with Crippen LogP contribution in [0, 0.1) is 6.92 Å². The van der Waals surface area contributed by atoms with Crippen LogP contribution in [0.25, 0.3) is 5.82 Å². The Kier molecular flexibility index (Phi) is 2.02. The molecule has 0 aromatic carbocycles. The van der Waals surface area contributed by atoms with E-state index in [0.717, 1.165) is 11.5 Å². The molecular formula is C9H8ClN3. The Hall–Kier alpha value is -1.35. The molecule has 2 rings (SSSR count). The van der Waals surface area contributed by atoms with Gasteiger partial charge in [0, 0.05) is 12.4 Å². The van der Waals surface area contributed by atoms with E-state index in [4.69, 9.17) is 11.6 Å². The Bertz CT molecular complexity index is 405. The molecule has 13 heavy (non-hydrogen) atoms. The SMILES string of the molecule is Cc1cn(-c2ccc(Cl)cn2)cn1. The highest BCUT2D eigenvalue weighted by Crippen LogP contribution is 2.09. The van der Waals surface area contributed by atoms with Crippen molar-refractivity contribution >= 4 is 11.6 Å². The zero-order valence-electron chi connectivity index (χ0n) is 7.11. The van der Waals surface area contributed by atoms with Crippen LogP contribution in [0.15, 0.2) is 30.9 Å². The number of aromatic nitrogens is 3. The van der Waals surface area contributed by atoms with Crippen LogP contribution >= 0.6 is 11.6 Å². The molecule has 4 heteroatoms. The molecular weight excluding hydrogens is 186 g/mol. The standard InChI is InChI=1S/C9H8ClN3/c1-7-5-13(6-12-7)9-3-2-8(10)4-11-9/h2-6H,1H3. The molecule has 2 aromatic rings. The Labute approximate surface area is 81.0 Å². The summed E-state index contributed by atoms with van der Waals surface area (Å²) < 4.78 is 1.85. The molecule has 3 nitrogen and oxygen atoms in total. The van der Waals surface area contributed by atoms with E-state index in [1.54, 1.807) is 18.6 Å². The van der Waals surface area contributed by atoms with Crippen LogP contribution in [0.4, 0.5) is 0 Å². The van der Waals surface area contributed by atoms with Crippen molar-refractivity contribution in [2.24, 2.45) is 0 Å². The number of halogens is 1. The molecule has 2 heterocycles. The number of hydrogen-bond acceptors (Lipinski definition) is 2. The minimum absolute atomic E-state index is 0.639. The molecule has 66 valence electrons. The molecule has 0 radical (unpaired) electrons. The zero-order valence-corrected chi connectivity index (χ0v) is 7.86. The van der Waals surface area contributed by atoms with Crippen molar-refractivity contribution < 1.29 is 0 Å². The fraction of sp³-hybridized carbons (Fsp3) is 0.111. The van der Waals surface area contributed by atoms with Gasteiger partial charge >= 0.3 is 0 Å². The van der Waals surface area contributed by atoms with Crippen molar-refractivity contribution in [2.75, 3.05) is 0 Å². The Morgan fingerprint density at radius 3 is 2.69 bits per heavy atom. The molecule has 0 fully saturated rings. The van der Waals surface area contributed by atoms with Crippen molar-refractivity contribution in [3.63, 3.8) is 0 Å². The molecule has 0 aliphatic carbocycles. The first-order valence-electron chi connectivity index (χ1n) is 3.88. The van der Waals surface area contributed by atoms with Gasteiger partial charge in [0.2, 0.25) is 0 Å². The predicted octanol–water partition coefficient (Wildman–Crippen LogP) is 2.23. The van der Waals surface area contributed by atoms with Crippen LogP contribution in [0.5, 0.6) is 0 Å². The second kappa shape index (κ2) is 3.18. The maximum absolute atomic E-state index is 5.72. The highest BCUT2D eigenvalue weighted by molar-refractivity contribution is 6.30. The minimum atomic E-state index is 0.639. The van der Waals surface area contributed by atoms with Crippen LogP contribution in [-0.2, 0) is 0 Å². The number of rotatable bonds is 1. The van der Waals surface area contributed by atoms with Gasteiger partial charge in [-0.05, 0) is 19.1 Å². The number of hydrogen-bond donors (Lipinski definition) is 0. The van der Waals surface area contributed by atoms with Crippen LogP contribution in [0.1, 0.15) is 5.69 Å². The first-order valence-corrected chi connectivity index (χ1v) is 4.26. The Balaban J connectivity index is 2.41. The van der Waals surface area contributed by atoms with E-state index in [1.807, 2.05) is 23.8 Å². The minimum Gasteiger partial charge on any atom is -0.290 e. The predicted molar refractivity (Wildman–Crippen MR) is 51.1 cm³/mol. The van der Waals surface area contributed by atoms with Crippen molar-refractivity contribution in [1.29, 1.82) is 0 Å². The molecule has 0 aliphatic rings. The van der Waals surface area contributed by atoms with Crippen molar-refractivity contribution in [1.82, 2.24) is 14.5 Å². The van der Waals surface area contributed by atoms with Gasteiger partial charge in [-0.3, -0.25) is 4.57 Å². The van der Waals surface area contributed by atoms with Gasteiger partial charge in [0.05, 0.1) is 10.7 Å². The van der Waals surface area contributed by atoms with E-state index in [1.165, 1.54) is 0 Å². The van der Waals surface area contributed by atoms with Crippen LogP contribution in [0.3, 0.4) is 0 Å². The molecule has 0 aliphatic heterocycles. The molecule has 2 aromatic heterocycles. The van der Waals surface area contributed by atoms with Gasteiger partial charge in [-0.25, -0.2) is 9.97 Å². The lowest BCUT2D eigenvalue weighted by atomic mass is 10.4. The number of imidazole rings is 1. The molecule has 0 saturated heterocycles. The summed E-state index contributed by atoms with van der Waals surface area (Å²) in [6.45, 7) is 1.94. The third kappa shape index (κ3) is 1.70. The largest absolute Gasteiger partial charge is 0.290 e. The Morgan fingerprint density at radius 1 is 1.31 bits per heavy atom. The lowest BCUT2D eigenvalue weighted by molar-refractivity contribution is 0.993. The van der Waals surface area contributed by atoms with Gasteiger partial charge in [-0.15, -0.1) is 0 Å². The molecule has 0 N–H and O–H groups in total. The van der Waals surface area contributed by atoms with Gasteiger partial charge in [0.15, 0.2) is 0 Å². The third-order valence-electron chi connectivity index (χ3n) is 1.69.